The molecule has 2 amide bonds. The molecular formula is C31H35N3O5. The summed E-state index contributed by atoms with van der Waals surface area (Å²) >= 11 is 0. The van der Waals surface area contributed by atoms with Crippen LogP contribution in [0.4, 0.5) is 5.69 Å². The fourth-order valence-electron chi connectivity index (χ4n) is 4.42. The number of carbonyl (C=O) groups excluding carboxylic acids is 3. The number of morpholine rings is 1. The number of benzene rings is 3. The van der Waals surface area contributed by atoms with Gasteiger partial charge >= 0.3 is 0 Å². The zero-order valence-electron chi connectivity index (χ0n) is 22.3. The van der Waals surface area contributed by atoms with E-state index >= 15 is 0 Å². The van der Waals surface area contributed by atoms with Gasteiger partial charge in [0.1, 0.15) is 0 Å². The third-order valence-corrected chi connectivity index (χ3v) is 6.57. The number of hydrogen-bond donors (Lipinski definition) is 2. The molecule has 0 spiro atoms. The molecule has 3 aromatic carbocycles. The Morgan fingerprint density at radius 2 is 1.64 bits per heavy atom. The minimum absolute atomic E-state index is 0.0989. The molecule has 2 N–H and O–H groups in total. The molecule has 1 aliphatic rings. The van der Waals surface area contributed by atoms with Gasteiger partial charge in [-0.05, 0) is 35.2 Å². The predicted molar refractivity (Wildman–Crippen MR) is 151 cm³/mol. The minimum atomic E-state index is -0.316. The van der Waals surface area contributed by atoms with Gasteiger partial charge in [0.2, 0.25) is 5.91 Å². The summed E-state index contributed by atoms with van der Waals surface area (Å²) < 4.78 is 10.4. The Balaban J connectivity index is 1.48. The van der Waals surface area contributed by atoms with Crippen molar-refractivity contribution in [2.24, 2.45) is 0 Å². The predicted octanol–water partition coefficient (Wildman–Crippen LogP) is 3.82. The van der Waals surface area contributed by atoms with E-state index in [2.05, 4.69) is 10.6 Å². The molecule has 0 saturated carbocycles. The number of Topliss-reactive ketones (excluding diaryl/α,β-unsaturated/α-hetero) is 1. The van der Waals surface area contributed by atoms with Gasteiger partial charge in [-0.25, -0.2) is 0 Å². The van der Waals surface area contributed by atoms with E-state index in [0.29, 0.717) is 62.7 Å². The monoisotopic (exact) mass is 529 g/mol. The Morgan fingerprint density at radius 3 is 2.36 bits per heavy atom. The van der Waals surface area contributed by atoms with E-state index in [1.54, 1.807) is 25.3 Å². The van der Waals surface area contributed by atoms with E-state index in [1.807, 2.05) is 59.5 Å². The lowest BCUT2D eigenvalue weighted by Gasteiger charge is -2.26. The summed E-state index contributed by atoms with van der Waals surface area (Å²) in [6.07, 6.45) is 0.874. The molecular weight excluding hydrogens is 494 g/mol. The number of nitrogens with zero attached hydrogens (tertiary/aromatic N) is 1. The average molecular weight is 530 g/mol. The number of ether oxygens (including phenoxy) is 2. The Kier molecular flexibility index (Phi) is 10.4. The number of ketones is 1. The average Bonchev–Trinajstić information content (AvgIpc) is 2.96. The fourth-order valence-corrected chi connectivity index (χ4v) is 4.42. The molecule has 8 nitrogen and oxygen atoms in total. The van der Waals surface area contributed by atoms with Crippen molar-refractivity contribution < 1.29 is 23.9 Å². The first-order valence-electron chi connectivity index (χ1n) is 13.2. The first kappa shape index (κ1) is 28.2. The van der Waals surface area contributed by atoms with Crippen LogP contribution in [0.25, 0.3) is 11.1 Å². The Labute approximate surface area is 229 Å². The van der Waals surface area contributed by atoms with Crippen molar-refractivity contribution in [2.75, 3.05) is 58.4 Å². The number of amides is 2. The number of carbonyl (C=O) groups is 3. The lowest BCUT2D eigenvalue weighted by molar-refractivity contribution is -0.118. The van der Waals surface area contributed by atoms with Gasteiger partial charge in [0.15, 0.2) is 5.78 Å². The van der Waals surface area contributed by atoms with Gasteiger partial charge in [-0.1, -0.05) is 60.7 Å². The molecule has 0 bridgehead atoms. The first-order valence-corrected chi connectivity index (χ1v) is 13.2. The molecule has 3 aromatic rings. The van der Waals surface area contributed by atoms with Crippen molar-refractivity contribution in [3.63, 3.8) is 0 Å². The van der Waals surface area contributed by atoms with Crippen LogP contribution in [0, 0.1) is 0 Å². The van der Waals surface area contributed by atoms with Crippen molar-refractivity contribution in [3.8, 4) is 11.1 Å². The number of rotatable bonds is 12. The van der Waals surface area contributed by atoms with Crippen LogP contribution in [0.1, 0.15) is 32.7 Å². The summed E-state index contributed by atoms with van der Waals surface area (Å²) in [5, 5.41) is 5.72. The second-order valence-corrected chi connectivity index (χ2v) is 9.46. The highest BCUT2D eigenvalue weighted by Crippen LogP contribution is 2.22. The van der Waals surface area contributed by atoms with Gasteiger partial charge in [0.25, 0.3) is 5.91 Å². The summed E-state index contributed by atoms with van der Waals surface area (Å²) in [6.45, 7) is 3.65. The molecule has 8 heteroatoms. The fraction of sp³-hybridized carbons (Fsp3) is 0.323. The molecule has 0 radical (unpaired) electrons. The highest BCUT2D eigenvalue weighted by atomic mass is 16.5. The topological polar surface area (TPSA) is 97.0 Å². The molecule has 1 heterocycles. The second-order valence-electron chi connectivity index (χ2n) is 9.46. The van der Waals surface area contributed by atoms with Crippen LogP contribution >= 0.6 is 0 Å². The summed E-state index contributed by atoms with van der Waals surface area (Å²) in [4.78, 5) is 41.0. The first-order chi connectivity index (χ1) is 19.0. The number of methoxy groups -OCH3 is 1. The van der Waals surface area contributed by atoms with E-state index in [4.69, 9.17) is 9.47 Å². The zero-order chi connectivity index (χ0) is 27.5. The van der Waals surface area contributed by atoms with Crippen molar-refractivity contribution >= 4 is 23.3 Å². The molecule has 4 rings (SSSR count). The molecule has 0 aliphatic carbocycles. The second kappa shape index (κ2) is 14.3. The van der Waals surface area contributed by atoms with Crippen LogP contribution in [-0.2, 0) is 20.7 Å². The third kappa shape index (κ3) is 8.32. The van der Waals surface area contributed by atoms with Crippen LogP contribution in [-0.4, -0.2) is 75.6 Å². The summed E-state index contributed by atoms with van der Waals surface area (Å²) in [5.41, 5.74) is 4.15. The van der Waals surface area contributed by atoms with Gasteiger partial charge in [-0.15, -0.1) is 0 Å². The SMILES string of the molecule is COCCCNC(=O)c1ccc(C(=O)Cc2ccc(-c3ccccc3)cc2)cc1NC(=O)CN1CCOCC1. The quantitative estimate of drug-likeness (QED) is 0.274. The lowest BCUT2D eigenvalue weighted by atomic mass is 9.98. The molecule has 0 unspecified atom stereocenters. The maximum Gasteiger partial charge on any atom is 0.253 e. The number of hydrogen-bond acceptors (Lipinski definition) is 6. The van der Waals surface area contributed by atoms with Gasteiger partial charge in [0, 0.05) is 45.3 Å². The molecule has 0 aromatic heterocycles. The highest BCUT2D eigenvalue weighted by Gasteiger charge is 2.19. The van der Waals surface area contributed by atoms with Crippen molar-refractivity contribution in [1.82, 2.24) is 10.2 Å². The zero-order valence-corrected chi connectivity index (χ0v) is 22.3. The Bertz CT molecular complexity index is 1250. The van der Waals surface area contributed by atoms with Crippen molar-refractivity contribution in [3.05, 3.63) is 89.5 Å². The maximum absolute atomic E-state index is 13.2. The Hall–Kier alpha value is -3.85. The molecule has 0 atom stereocenters. The van der Waals surface area contributed by atoms with E-state index in [1.165, 1.54) is 0 Å². The van der Waals surface area contributed by atoms with E-state index < -0.39 is 0 Å². The molecule has 39 heavy (non-hydrogen) atoms. The van der Waals surface area contributed by atoms with Gasteiger partial charge < -0.3 is 20.1 Å². The normalized spacial score (nSPS) is 13.6. The number of anilines is 1. The lowest BCUT2D eigenvalue weighted by Crippen LogP contribution is -2.41. The largest absolute Gasteiger partial charge is 0.385 e. The van der Waals surface area contributed by atoms with Crippen molar-refractivity contribution in [2.45, 2.75) is 12.8 Å². The van der Waals surface area contributed by atoms with Crippen LogP contribution < -0.4 is 10.6 Å². The molecule has 1 fully saturated rings. The van der Waals surface area contributed by atoms with E-state index in [0.717, 1.165) is 16.7 Å². The maximum atomic E-state index is 13.2. The minimum Gasteiger partial charge on any atom is -0.385 e. The summed E-state index contributed by atoms with van der Waals surface area (Å²) in [7, 11) is 1.61. The third-order valence-electron chi connectivity index (χ3n) is 6.57. The molecule has 1 saturated heterocycles. The Morgan fingerprint density at radius 1 is 0.923 bits per heavy atom. The van der Waals surface area contributed by atoms with Crippen LogP contribution in [0.3, 0.4) is 0 Å². The van der Waals surface area contributed by atoms with Crippen LogP contribution in [0.15, 0.2) is 72.8 Å². The van der Waals surface area contributed by atoms with E-state index in [-0.39, 0.29) is 30.6 Å². The van der Waals surface area contributed by atoms with Crippen LogP contribution in [0.2, 0.25) is 0 Å². The summed E-state index contributed by atoms with van der Waals surface area (Å²) in [5.74, 6) is -0.659. The van der Waals surface area contributed by atoms with Crippen molar-refractivity contribution in [1.29, 1.82) is 0 Å². The summed E-state index contributed by atoms with van der Waals surface area (Å²) in [6, 6.07) is 22.8. The standard InChI is InChI=1S/C31H35N3O5/c1-38-17-5-14-32-31(37)27-13-12-26(21-28(27)33-30(36)22-34-15-18-39-19-16-34)29(35)20-23-8-10-25(11-9-23)24-6-3-2-4-7-24/h2-4,6-13,21H,5,14-20,22H2,1H3,(H,32,37)(H,33,36). The van der Waals surface area contributed by atoms with Gasteiger partial charge in [-0.2, -0.15) is 0 Å². The number of nitrogens with one attached hydrogen (secondary N) is 2. The molecule has 204 valence electrons. The van der Waals surface area contributed by atoms with E-state index in [9.17, 15) is 14.4 Å². The smallest absolute Gasteiger partial charge is 0.253 e. The van der Waals surface area contributed by atoms with Gasteiger partial charge in [0.05, 0.1) is 31.0 Å². The highest BCUT2D eigenvalue weighted by molar-refractivity contribution is 6.07. The molecule has 1 aliphatic heterocycles. The van der Waals surface area contributed by atoms with Gasteiger partial charge in [-0.3, -0.25) is 19.3 Å². The van der Waals surface area contributed by atoms with Crippen LogP contribution in [0.5, 0.6) is 0 Å².